The number of nitrogen functional groups attached to an aromatic ring is 2. The second-order valence-corrected chi connectivity index (χ2v) is 10.1. The maximum Gasteiger partial charge on any atom is 0.251 e. The summed E-state index contributed by atoms with van der Waals surface area (Å²) in [4.78, 5) is 12.7. The van der Waals surface area contributed by atoms with Gasteiger partial charge in [-0.25, -0.2) is 0 Å². The van der Waals surface area contributed by atoms with E-state index >= 15 is 0 Å². The van der Waals surface area contributed by atoms with E-state index in [0.717, 1.165) is 78.6 Å². The molecule has 0 aliphatic carbocycles. The quantitative estimate of drug-likeness (QED) is 0.0434. The van der Waals surface area contributed by atoms with Gasteiger partial charge in [-0.3, -0.25) is 4.79 Å². The number of nitrogens with one attached hydrogen (secondary N) is 4. The zero-order chi connectivity index (χ0) is 29.0. The average molecular weight is 559 g/mol. The van der Waals surface area contributed by atoms with Crippen LogP contribution in [0.1, 0.15) is 16.8 Å². The summed E-state index contributed by atoms with van der Waals surface area (Å²) in [6, 6.07) is 19.9. The molecular formula is C31H44N9O+. The van der Waals surface area contributed by atoms with E-state index in [-0.39, 0.29) is 5.91 Å². The number of amides is 1. The standard InChI is InChI=1S/C31H43N9O/c32-10-13-37-16-15-36-12-1-19-40-29-21-25(35)7-9-27(29)26-8-6-24(34)20-28(26)30(40)22-2-4-23(5-3-22)31(41)39-18-17-38-14-11-33/h2-9,20-21,35-38H,1,10-19,32-33H2,(H3,34,39,41)/p+1. The van der Waals surface area contributed by atoms with Crippen molar-refractivity contribution in [2.24, 2.45) is 11.5 Å². The van der Waals surface area contributed by atoms with Gasteiger partial charge < -0.3 is 44.2 Å². The van der Waals surface area contributed by atoms with Crippen LogP contribution in [0, 0.1) is 0 Å². The van der Waals surface area contributed by atoms with Crippen molar-refractivity contribution < 1.29 is 9.36 Å². The lowest BCUT2D eigenvalue weighted by molar-refractivity contribution is -0.659. The summed E-state index contributed by atoms with van der Waals surface area (Å²) < 4.78 is 2.33. The molecule has 1 aromatic heterocycles. The van der Waals surface area contributed by atoms with Gasteiger partial charge in [0.1, 0.15) is 0 Å². The monoisotopic (exact) mass is 558 g/mol. The van der Waals surface area contributed by atoms with Crippen LogP contribution in [0.4, 0.5) is 11.4 Å². The molecule has 0 aliphatic rings. The third-order valence-electron chi connectivity index (χ3n) is 7.04. The number of hydrogen-bond donors (Lipinski definition) is 8. The van der Waals surface area contributed by atoms with Crippen LogP contribution in [0.15, 0.2) is 60.7 Å². The van der Waals surface area contributed by atoms with Crippen LogP contribution in [0.5, 0.6) is 0 Å². The van der Waals surface area contributed by atoms with E-state index in [4.69, 9.17) is 22.9 Å². The van der Waals surface area contributed by atoms with Crippen molar-refractivity contribution in [2.75, 3.05) is 70.4 Å². The highest BCUT2D eigenvalue weighted by atomic mass is 16.1. The fraction of sp³-hybridized carbons (Fsp3) is 0.355. The number of aryl methyl sites for hydroxylation is 1. The number of nitrogens with two attached hydrogens (primary N) is 4. The number of carbonyl (C=O) groups excluding carboxylic acids is 1. The molecule has 0 unspecified atom stereocenters. The fourth-order valence-corrected chi connectivity index (χ4v) is 5.07. The Hall–Kier alpha value is -3.80. The van der Waals surface area contributed by atoms with E-state index in [1.54, 1.807) is 0 Å². The fourth-order valence-electron chi connectivity index (χ4n) is 5.07. The average Bonchev–Trinajstić information content (AvgIpc) is 2.98. The van der Waals surface area contributed by atoms with Crippen molar-refractivity contribution in [3.05, 3.63) is 66.2 Å². The number of rotatable bonds is 16. The van der Waals surface area contributed by atoms with Crippen molar-refractivity contribution in [1.29, 1.82) is 0 Å². The molecule has 0 atom stereocenters. The molecule has 10 heteroatoms. The molecule has 41 heavy (non-hydrogen) atoms. The van der Waals surface area contributed by atoms with Crippen LogP contribution in [0.25, 0.3) is 32.9 Å². The Morgan fingerprint density at radius 1 is 0.659 bits per heavy atom. The number of fused-ring (bicyclic) bond motifs is 3. The van der Waals surface area contributed by atoms with E-state index in [9.17, 15) is 4.79 Å². The van der Waals surface area contributed by atoms with Gasteiger partial charge in [0.25, 0.3) is 5.91 Å². The van der Waals surface area contributed by atoms with Gasteiger partial charge in [0.05, 0.1) is 10.8 Å². The first-order valence-electron chi connectivity index (χ1n) is 14.4. The smallest absolute Gasteiger partial charge is 0.251 e. The third kappa shape index (κ3) is 7.90. The van der Waals surface area contributed by atoms with Crippen molar-refractivity contribution in [2.45, 2.75) is 13.0 Å². The number of carbonyl (C=O) groups is 1. The summed E-state index contributed by atoms with van der Waals surface area (Å²) in [5, 5.41) is 16.2. The molecule has 0 saturated heterocycles. The number of aromatic nitrogens is 1. The molecular weight excluding hydrogens is 514 g/mol. The number of benzene rings is 3. The van der Waals surface area contributed by atoms with Crippen molar-refractivity contribution in [1.82, 2.24) is 21.3 Å². The lowest BCUT2D eigenvalue weighted by Gasteiger charge is -2.14. The van der Waals surface area contributed by atoms with E-state index in [1.807, 2.05) is 48.5 Å². The van der Waals surface area contributed by atoms with Gasteiger partial charge in [-0.2, -0.15) is 4.57 Å². The molecule has 0 fully saturated rings. The minimum Gasteiger partial charge on any atom is -0.399 e. The zero-order valence-corrected chi connectivity index (χ0v) is 23.7. The molecule has 3 aromatic carbocycles. The first kappa shape index (κ1) is 30.2. The van der Waals surface area contributed by atoms with Gasteiger partial charge in [-0.15, -0.1) is 0 Å². The van der Waals surface area contributed by atoms with Crippen molar-refractivity contribution in [3.63, 3.8) is 0 Å². The molecule has 0 aliphatic heterocycles. The predicted octanol–water partition coefficient (Wildman–Crippen LogP) is 0.918. The molecule has 4 aromatic rings. The maximum absolute atomic E-state index is 12.7. The molecule has 1 heterocycles. The Labute approximate surface area is 241 Å². The number of hydrogen-bond acceptors (Lipinski definition) is 8. The number of pyridine rings is 1. The first-order valence-corrected chi connectivity index (χ1v) is 14.4. The van der Waals surface area contributed by atoms with E-state index in [0.29, 0.717) is 43.1 Å². The minimum atomic E-state index is -0.105. The summed E-state index contributed by atoms with van der Waals surface area (Å²) in [6.07, 6.45) is 0.922. The zero-order valence-electron chi connectivity index (χ0n) is 23.7. The molecule has 0 bridgehead atoms. The Balaban J connectivity index is 1.65. The van der Waals surface area contributed by atoms with Gasteiger partial charge in [-0.1, -0.05) is 6.07 Å². The highest BCUT2D eigenvalue weighted by Crippen LogP contribution is 2.33. The van der Waals surface area contributed by atoms with Gasteiger partial charge >= 0.3 is 0 Å². The van der Waals surface area contributed by atoms with Crippen LogP contribution in [0.3, 0.4) is 0 Å². The third-order valence-corrected chi connectivity index (χ3v) is 7.04. The van der Waals surface area contributed by atoms with Crippen LogP contribution < -0.4 is 48.8 Å². The summed E-state index contributed by atoms with van der Waals surface area (Å²) in [7, 11) is 0. The summed E-state index contributed by atoms with van der Waals surface area (Å²) in [5.41, 5.74) is 28.8. The molecule has 218 valence electrons. The Morgan fingerprint density at radius 2 is 1.27 bits per heavy atom. The Morgan fingerprint density at radius 3 is 1.95 bits per heavy atom. The van der Waals surface area contributed by atoms with Crippen molar-refractivity contribution >= 4 is 39.0 Å². The van der Waals surface area contributed by atoms with E-state index < -0.39 is 0 Å². The topological polar surface area (TPSA) is 173 Å². The van der Waals surface area contributed by atoms with Gasteiger partial charge in [0.15, 0.2) is 6.54 Å². The van der Waals surface area contributed by atoms with E-state index in [1.165, 1.54) is 0 Å². The van der Waals surface area contributed by atoms with Crippen molar-refractivity contribution in [3.8, 4) is 11.3 Å². The van der Waals surface area contributed by atoms with Gasteiger partial charge in [-0.05, 0) is 48.5 Å². The molecule has 0 radical (unpaired) electrons. The van der Waals surface area contributed by atoms with Crippen LogP contribution in [0.2, 0.25) is 0 Å². The number of anilines is 2. The van der Waals surface area contributed by atoms with Gasteiger partial charge in [0.2, 0.25) is 11.2 Å². The van der Waals surface area contributed by atoms with E-state index in [2.05, 4.69) is 38.0 Å². The molecule has 12 N–H and O–H groups in total. The lowest BCUT2D eigenvalue weighted by Crippen LogP contribution is -2.39. The molecule has 0 spiro atoms. The van der Waals surface area contributed by atoms with Crippen LogP contribution >= 0.6 is 0 Å². The second-order valence-electron chi connectivity index (χ2n) is 10.1. The maximum atomic E-state index is 12.7. The highest BCUT2D eigenvalue weighted by molar-refractivity contribution is 6.10. The van der Waals surface area contributed by atoms with Gasteiger partial charge in [0, 0.05) is 99.3 Å². The molecule has 10 nitrogen and oxygen atoms in total. The Bertz CT molecular complexity index is 1440. The minimum absolute atomic E-state index is 0.105. The number of nitrogens with zero attached hydrogens (tertiary/aromatic N) is 1. The summed E-state index contributed by atoms with van der Waals surface area (Å²) >= 11 is 0. The largest absolute Gasteiger partial charge is 0.399 e. The first-order chi connectivity index (χ1) is 20.0. The molecule has 4 rings (SSSR count). The lowest BCUT2D eigenvalue weighted by atomic mass is 9.97. The normalized spacial score (nSPS) is 11.4. The second kappa shape index (κ2) is 15.3. The molecule has 0 saturated carbocycles. The Kier molecular flexibility index (Phi) is 11.2. The molecule has 1 amide bonds. The van der Waals surface area contributed by atoms with Crippen LogP contribution in [-0.4, -0.2) is 64.8 Å². The van der Waals surface area contributed by atoms with Crippen LogP contribution in [-0.2, 0) is 6.54 Å². The predicted molar refractivity (Wildman–Crippen MR) is 170 cm³/mol. The summed E-state index contributed by atoms with van der Waals surface area (Å²) in [6.45, 7) is 7.38. The highest BCUT2D eigenvalue weighted by Gasteiger charge is 2.24. The summed E-state index contributed by atoms with van der Waals surface area (Å²) in [5.74, 6) is -0.105. The SMILES string of the molecule is NCCNCCNCCC[n+]1c(-c2ccc(C(=O)NCCNCCN)cc2)c2cc(N)ccc2c2ccc(N)cc21.